The third-order valence-electron chi connectivity index (χ3n) is 13.7. The van der Waals surface area contributed by atoms with E-state index in [9.17, 15) is 9.59 Å². The van der Waals surface area contributed by atoms with Gasteiger partial charge in [-0.2, -0.15) is 0 Å². The number of piperidine rings is 4. The minimum atomic E-state index is -0.960. The van der Waals surface area contributed by atoms with Crippen LogP contribution in [-0.4, -0.2) is 101 Å². The van der Waals surface area contributed by atoms with Crippen LogP contribution in [0.4, 0.5) is 11.4 Å². The highest BCUT2D eigenvalue weighted by atomic mass is 35.5. The number of pyridine rings is 2. The monoisotopic (exact) mass is 768 g/mol. The molecule has 8 rings (SSSR count). The van der Waals surface area contributed by atoms with Crippen molar-refractivity contribution in [2.45, 2.75) is 115 Å². The summed E-state index contributed by atoms with van der Waals surface area (Å²) in [6, 6.07) is 9.05. The number of carbonyl (C=O) groups is 2. The van der Waals surface area contributed by atoms with Gasteiger partial charge in [0.1, 0.15) is 11.4 Å². The third-order valence-corrected chi connectivity index (χ3v) is 13.9. The Balaban J connectivity index is 0.000000178. The number of carboxylic acids is 1. The molecule has 53 heavy (non-hydrogen) atoms. The third kappa shape index (κ3) is 10.9. The standard InChI is InChI=1S/C21H30ClN3O.C21H31N3O2.ClH/c22-21(26)20-5-4-19(15-23-20)25-12-8-17(9-13-25)14-16-6-10-24(11-7-16)18-2-1-3-18;25-21(26)20-5-4-19(15-22-20)24-12-8-17(9-13-24)14-16-6-10-23(11-7-16)18-2-1-3-18;/h4-5,15-18H,1-3,6-14H2;4-5,15-18H,1-3,6-14H2,(H,25,26);1H. The molecule has 1 N–H and O–H groups in total. The summed E-state index contributed by atoms with van der Waals surface area (Å²) in [6.07, 6.45) is 25.6. The molecule has 0 atom stereocenters. The summed E-state index contributed by atoms with van der Waals surface area (Å²) in [4.78, 5) is 40.5. The Morgan fingerprint density at radius 3 is 1.21 bits per heavy atom. The van der Waals surface area contributed by atoms with Crippen LogP contribution in [0.5, 0.6) is 0 Å². The van der Waals surface area contributed by atoms with Gasteiger partial charge in [-0.15, -0.1) is 12.4 Å². The Bertz CT molecular complexity index is 1310. The van der Waals surface area contributed by atoms with Crippen LogP contribution >= 0.6 is 24.0 Å². The number of carbonyl (C=O) groups excluding carboxylic acids is 1. The van der Waals surface area contributed by atoms with Gasteiger partial charge in [0.15, 0.2) is 0 Å². The van der Waals surface area contributed by atoms with Crippen LogP contribution in [-0.2, 0) is 0 Å². The molecule has 2 aliphatic carbocycles. The lowest BCUT2D eigenvalue weighted by molar-refractivity contribution is 0.0690. The highest BCUT2D eigenvalue weighted by Crippen LogP contribution is 2.36. The van der Waals surface area contributed by atoms with Gasteiger partial charge in [0.2, 0.25) is 0 Å². The number of hydrogen-bond donors (Lipinski definition) is 1. The topological polar surface area (TPSA) is 93.1 Å². The Kier molecular flexibility index (Phi) is 14.7. The molecule has 2 aromatic heterocycles. The van der Waals surface area contributed by atoms with Gasteiger partial charge in [0, 0.05) is 38.3 Å². The molecule has 292 valence electrons. The molecule has 0 spiro atoms. The van der Waals surface area contributed by atoms with E-state index in [1.807, 2.05) is 12.1 Å². The summed E-state index contributed by atoms with van der Waals surface area (Å²) < 4.78 is 0. The van der Waals surface area contributed by atoms with Gasteiger partial charge in [0.25, 0.3) is 5.24 Å². The molecule has 0 radical (unpaired) electrons. The van der Waals surface area contributed by atoms with E-state index in [0.717, 1.165) is 73.3 Å². The molecule has 0 bridgehead atoms. The molecule has 6 aliphatic rings. The van der Waals surface area contributed by atoms with Crippen molar-refractivity contribution in [3.8, 4) is 0 Å². The Hall–Kier alpha value is -2.46. The number of likely N-dealkylation sites (tertiary alicyclic amines) is 2. The van der Waals surface area contributed by atoms with Crippen molar-refractivity contribution in [3.63, 3.8) is 0 Å². The maximum absolute atomic E-state index is 11.1. The minimum Gasteiger partial charge on any atom is -0.477 e. The smallest absolute Gasteiger partial charge is 0.354 e. The average molecular weight is 770 g/mol. The highest BCUT2D eigenvalue weighted by molar-refractivity contribution is 6.67. The zero-order valence-electron chi connectivity index (χ0n) is 31.6. The quantitative estimate of drug-likeness (QED) is 0.239. The van der Waals surface area contributed by atoms with Crippen molar-refractivity contribution in [2.75, 3.05) is 62.2 Å². The fraction of sp³-hybridized carbons (Fsp3) is 0.714. The van der Waals surface area contributed by atoms with Crippen molar-refractivity contribution in [1.29, 1.82) is 0 Å². The lowest BCUT2D eigenvalue weighted by Crippen LogP contribution is -2.45. The molecular weight excluding hydrogens is 707 g/mol. The molecule has 0 aromatic carbocycles. The number of anilines is 2. The van der Waals surface area contributed by atoms with Crippen molar-refractivity contribution in [2.24, 2.45) is 23.7 Å². The van der Waals surface area contributed by atoms with Gasteiger partial charge in [-0.3, -0.25) is 4.79 Å². The number of nitrogens with zero attached hydrogens (tertiary/aromatic N) is 6. The second-order valence-corrected chi connectivity index (χ2v) is 17.2. The first-order valence-corrected chi connectivity index (χ1v) is 21.1. The second-order valence-electron chi connectivity index (χ2n) is 16.8. The molecular formula is C42H62Cl2N6O3. The summed E-state index contributed by atoms with van der Waals surface area (Å²) >= 11 is 5.47. The summed E-state index contributed by atoms with van der Waals surface area (Å²) in [5.41, 5.74) is 2.62. The van der Waals surface area contributed by atoms with E-state index < -0.39 is 11.2 Å². The number of aromatic carboxylic acids is 1. The van der Waals surface area contributed by atoms with Crippen LogP contribution in [0.2, 0.25) is 0 Å². The number of aromatic nitrogens is 2. The molecule has 4 saturated heterocycles. The number of carboxylic acid groups (broad SMARTS) is 1. The van der Waals surface area contributed by atoms with Crippen molar-refractivity contribution < 1.29 is 14.7 Å². The zero-order valence-corrected chi connectivity index (χ0v) is 33.2. The van der Waals surface area contributed by atoms with E-state index in [2.05, 4.69) is 29.6 Å². The Labute approximate surface area is 328 Å². The predicted molar refractivity (Wildman–Crippen MR) is 216 cm³/mol. The first-order chi connectivity index (χ1) is 25.4. The molecule has 0 unspecified atom stereocenters. The number of halogens is 2. The number of hydrogen-bond acceptors (Lipinski definition) is 8. The van der Waals surface area contributed by atoms with Gasteiger partial charge < -0.3 is 24.7 Å². The lowest BCUT2D eigenvalue weighted by Gasteiger charge is -2.43. The Morgan fingerprint density at radius 1 is 0.566 bits per heavy atom. The molecule has 0 amide bonds. The van der Waals surface area contributed by atoms with Crippen LogP contribution in [0.25, 0.3) is 0 Å². The van der Waals surface area contributed by atoms with E-state index in [-0.39, 0.29) is 18.1 Å². The summed E-state index contributed by atoms with van der Waals surface area (Å²) in [5.74, 6) is 2.65. The van der Waals surface area contributed by atoms with Gasteiger partial charge in [0.05, 0.1) is 23.8 Å². The first-order valence-electron chi connectivity index (χ1n) is 20.7. The Morgan fingerprint density at radius 2 is 0.925 bits per heavy atom. The normalized spacial score (nSPS) is 23.3. The van der Waals surface area contributed by atoms with Crippen LogP contribution in [0.3, 0.4) is 0 Å². The van der Waals surface area contributed by atoms with E-state index in [1.54, 1.807) is 24.5 Å². The lowest BCUT2D eigenvalue weighted by atomic mass is 9.81. The van der Waals surface area contributed by atoms with Gasteiger partial charge >= 0.3 is 5.97 Å². The van der Waals surface area contributed by atoms with Crippen LogP contribution in [0.1, 0.15) is 124 Å². The molecule has 9 nitrogen and oxygen atoms in total. The van der Waals surface area contributed by atoms with Crippen LogP contribution in [0.15, 0.2) is 36.7 Å². The van der Waals surface area contributed by atoms with Crippen LogP contribution in [0, 0.1) is 23.7 Å². The fourth-order valence-electron chi connectivity index (χ4n) is 9.80. The molecule has 11 heteroatoms. The van der Waals surface area contributed by atoms with E-state index >= 15 is 0 Å². The largest absolute Gasteiger partial charge is 0.477 e. The second kappa shape index (κ2) is 19.4. The fourth-order valence-corrected chi connectivity index (χ4v) is 9.91. The van der Waals surface area contributed by atoms with Gasteiger partial charge in [-0.1, -0.05) is 12.8 Å². The first kappa shape index (κ1) is 40.2. The van der Waals surface area contributed by atoms with Crippen molar-refractivity contribution in [1.82, 2.24) is 19.8 Å². The minimum absolute atomic E-state index is 0. The van der Waals surface area contributed by atoms with E-state index in [0.29, 0.717) is 5.69 Å². The molecule has 6 heterocycles. The summed E-state index contributed by atoms with van der Waals surface area (Å²) in [6.45, 7) is 9.67. The SMILES string of the molecule is Cl.O=C(Cl)c1ccc(N2CCC(CC3CCN(C4CCC4)CC3)CC2)cn1.O=C(O)c1ccc(N2CCC(CC3CCN(C4CCC4)CC3)CC2)cn1. The van der Waals surface area contributed by atoms with E-state index in [4.69, 9.17) is 16.7 Å². The summed E-state index contributed by atoms with van der Waals surface area (Å²) in [5, 5.41) is 8.47. The summed E-state index contributed by atoms with van der Waals surface area (Å²) in [7, 11) is 0. The van der Waals surface area contributed by atoms with Crippen molar-refractivity contribution >= 4 is 46.6 Å². The number of rotatable bonds is 10. The zero-order chi connectivity index (χ0) is 35.9. The van der Waals surface area contributed by atoms with E-state index in [1.165, 1.54) is 129 Å². The van der Waals surface area contributed by atoms with Gasteiger partial charge in [-0.05, 0) is 176 Å². The van der Waals surface area contributed by atoms with Crippen molar-refractivity contribution in [3.05, 3.63) is 48.0 Å². The molecule has 2 aromatic rings. The van der Waals surface area contributed by atoms with Gasteiger partial charge in [-0.25, -0.2) is 14.8 Å². The average Bonchev–Trinajstić information content (AvgIpc) is 3.13. The maximum atomic E-state index is 11.1. The maximum Gasteiger partial charge on any atom is 0.354 e. The highest BCUT2D eigenvalue weighted by Gasteiger charge is 2.32. The molecule has 4 aliphatic heterocycles. The van der Waals surface area contributed by atoms with Crippen LogP contribution < -0.4 is 9.80 Å². The predicted octanol–water partition coefficient (Wildman–Crippen LogP) is 8.40. The molecule has 6 fully saturated rings. The molecule has 2 saturated carbocycles.